The summed E-state index contributed by atoms with van der Waals surface area (Å²) in [5.41, 5.74) is 6.75. The van der Waals surface area contributed by atoms with Gasteiger partial charge in [0, 0.05) is 17.7 Å². The third-order valence-corrected chi connectivity index (χ3v) is 4.10. The molecule has 0 saturated carbocycles. The Kier molecular flexibility index (Phi) is 3.08. The third kappa shape index (κ3) is 2.11. The van der Waals surface area contributed by atoms with E-state index in [0.717, 1.165) is 29.8 Å². The summed E-state index contributed by atoms with van der Waals surface area (Å²) in [5, 5.41) is 2.17. The predicted octanol–water partition coefficient (Wildman–Crippen LogP) is 3.43. The van der Waals surface area contributed by atoms with Crippen LogP contribution in [-0.4, -0.2) is 11.8 Å². The van der Waals surface area contributed by atoms with Crippen LogP contribution in [0.5, 0.6) is 0 Å². The Bertz CT molecular complexity index is 554. The van der Waals surface area contributed by atoms with Crippen molar-refractivity contribution in [1.82, 2.24) is 5.43 Å². The van der Waals surface area contributed by atoms with Gasteiger partial charge in [0.2, 0.25) is 0 Å². The molecular weight excluding hydrogens is 248 g/mol. The molecule has 1 N–H and O–H groups in total. The van der Waals surface area contributed by atoms with Gasteiger partial charge in [-0.15, -0.1) is 0 Å². The Morgan fingerprint density at radius 2 is 1.85 bits per heavy atom. The molecule has 3 nitrogen and oxygen atoms in total. The van der Waals surface area contributed by atoms with Gasteiger partial charge in [0.1, 0.15) is 0 Å². The monoisotopic (exact) mass is 270 g/mol. The lowest BCUT2D eigenvalue weighted by Crippen LogP contribution is -2.47. The summed E-state index contributed by atoms with van der Waals surface area (Å²) in [4.78, 5) is 12.4. The highest BCUT2D eigenvalue weighted by Gasteiger charge is 2.44. The Morgan fingerprint density at radius 1 is 1.15 bits per heavy atom. The zero-order valence-corrected chi connectivity index (χ0v) is 12.4. The molecule has 0 aromatic heterocycles. The first-order chi connectivity index (χ1) is 9.48. The summed E-state index contributed by atoms with van der Waals surface area (Å²) in [6, 6.07) is 10.4. The highest BCUT2D eigenvalue weighted by molar-refractivity contribution is 5.99. The summed E-state index contributed by atoms with van der Waals surface area (Å²) < 4.78 is 0. The van der Waals surface area contributed by atoms with Crippen LogP contribution in [0.1, 0.15) is 40.0 Å². The normalized spacial score (nSPS) is 22.9. The minimum atomic E-state index is 0.00687. The first kappa shape index (κ1) is 13.2. The number of para-hydroxylation sites is 1. The Balaban J connectivity index is 2.04. The Morgan fingerprint density at radius 3 is 2.50 bits per heavy atom. The second-order valence-electron chi connectivity index (χ2n) is 6.75. The Labute approximate surface area is 120 Å². The van der Waals surface area contributed by atoms with Crippen LogP contribution in [0.2, 0.25) is 0 Å². The van der Waals surface area contributed by atoms with Gasteiger partial charge in [-0.3, -0.25) is 9.80 Å². The van der Waals surface area contributed by atoms with Gasteiger partial charge in [0.05, 0.1) is 11.7 Å². The molecular formula is C17H22N2O. The van der Waals surface area contributed by atoms with Crippen molar-refractivity contribution in [1.29, 1.82) is 0 Å². The number of carbonyl (C=O) groups is 1. The summed E-state index contributed by atoms with van der Waals surface area (Å²) >= 11 is 0. The quantitative estimate of drug-likeness (QED) is 0.848. The van der Waals surface area contributed by atoms with E-state index in [1.165, 1.54) is 0 Å². The molecule has 1 aromatic rings. The van der Waals surface area contributed by atoms with Gasteiger partial charge in [-0.05, 0) is 30.4 Å². The summed E-state index contributed by atoms with van der Waals surface area (Å²) in [6.07, 6.45) is 2.64. The molecule has 1 aliphatic heterocycles. The van der Waals surface area contributed by atoms with Gasteiger partial charge in [-0.25, -0.2) is 0 Å². The maximum absolute atomic E-state index is 12.4. The molecule has 1 aromatic carbocycles. The number of anilines is 1. The van der Waals surface area contributed by atoms with E-state index in [4.69, 9.17) is 0 Å². The first-order valence-corrected chi connectivity index (χ1v) is 7.35. The van der Waals surface area contributed by atoms with Crippen molar-refractivity contribution >= 4 is 11.5 Å². The van der Waals surface area contributed by atoms with E-state index in [0.29, 0.717) is 12.2 Å². The average molecular weight is 270 g/mol. The smallest absolute Gasteiger partial charge is 0.162 e. The third-order valence-electron chi connectivity index (χ3n) is 4.10. The highest BCUT2D eigenvalue weighted by Crippen LogP contribution is 2.40. The summed E-state index contributed by atoms with van der Waals surface area (Å²) in [5.74, 6) is 0.317. The SMILES string of the molecule is CC(C)(C)C1C2=C(CCCC2=O)NN1c1ccccc1. The second kappa shape index (κ2) is 4.65. The van der Waals surface area contributed by atoms with Crippen LogP contribution in [0, 0.1) is 5.41 Å². The molecule has 0 saturated heterocycles. The average Bonchev–Trinajstić information content (AvgIpc) is 2.80. The zero-order valence-electron chi connectivity index (χ0n) is 12.4. The van der Waals surface area contributed by atoms with Crippen molar-refractivity contribution in [2.45, 2.75) is 46.1 Å². The molecule has 0 amide bonds. The number of hydrazine groups is 1. The number of Topliss-reactive ketones (excluding diaryl/α,β-unsaturated/α-hetero) is 1. The van der Waals surface area contributed by atoms with Crippen LogP contribution in [0.4, 0.5) is 5.69 Å². The van der Waals surface area contributed by atoms with E-state index in [2.05, 4.69) is 43.3 Å². The van der Waals surface area contributed by atoms with E-state index >= 15 is 0 Å². The molecule has 3 heteroatoms. The van der Waals surface area contributed by atoms with Crippen molar-refractivity contribution in [2.75, 3.05) is 5.01 Å². The molecule has 20 heavy (non-hydrogen) atoms. The van der Waals surface area contributed by atoms with Crippen molar-refractivity contribution in [3.05, 3.63) is 41.6 Å². The van der Waals surface area contributed by atoms with Crippen molar-refractivity contribution in [3.8, 4) is 0 Å². The predicted molar refractivity (Wildman–Crippen MR) is 81.2 cm³/mol. The number of hydrogen-bond acceptors (Lipinski definition) is 3. The van der Waals surface area contributed by atoms with Crippen LogP contribution in [-0.2, 0) is 4.79 Å². The van der Waals surface area contributed by atoms with Crippen LogP contribution < -0.4 is 10.4 Å². The van der Waals surface area contributed by atoms with Gasteiger partial charge < -0.3 is 5.43 Å². The van der Waals surface area contributed by atoms with Crippen LogP contribution in [0.25, 0.3) is 0 Å². The minimum Gasteiger partial charge on any atom is -0.301 e. The lowest BCUT2D eigenvalue weighted by molar-refractivity contribution is -0.116. The number of carbonyl (C=O) groups excluding carboxylic acids is 1. The van der Waals surface area contributed by atoms with E-state index in [9.17, 15) is 4.79 Å². The van der Waals surface area contributed by atoms with Crippen LogP contribution >= 0.6 is 0 Å². The summed E-state index contributed by atoms with van der Waals surface area (Å²) in [7, 11) is 0. The van der Waals surface area contributed by atoms with Crippen LogP contribution in [0.3, 0.4) is 0 Å². The molecule has 1 unspecified atom stereocenters. The largest absolute Gasteiger partial charge is 0.301 e. The molecule has 0 spiro atoms. The fourth-order valence-corrected chi connectivity index (χ4v) is 3.26. The molecule has 0 radical (unpaired) electrons. The molecule has 106 valence electrons. The van der Waals surface area contributed by atoms with Gasteiger partial charge in [0.15, 0.2) is 5.78 Å². The molecule has 0 fully saturated rings. The maximum atomic E-state index is 12.4. The number of nitrogens with one attached hydrogen (secondary N) is 1. The number of rotatable bonds is 1. The molecule has 0 bridgehead atoms. The van der Waals surface area contributed by atoms with Gasteiger partial charge in [0.25, 0.3) is 0 Å². The van der Waals surface area contributed by atoms with Crippen molar-refractivity contribution in [3.63, 3.8) is 0 Å². The van der Waals surface area contributed by atoms with Crippen LogP contribution in [0.15, 0.2) is 41.6 Å². The molecule has 1 heterocycles. The fourth-order valence-electron chi connectivity index (χ4n) is 3.26. The van der Waals surface area contributed by atoms with Gasteiger partial charge in [-0.2, -0.15) is 0 Å². The zero-order chi connectivity index (χ0) is 14.3. The minimum absolute atomic E-state index is 0.00687. The van der Waals surface area contributed by atoms with E-state index in [1.807, 2.05) is 18.2 Å². The number of ketones is 1. The highest BCUT2D eigenvalue weighted by atomic mass is 16.1. The number of hydrogen-bond donors (Lipinski definition) is 1. The fraction of sp³-hybridized carbons (Fsp3) is 0.471. The molecule has 1 aliphatic carbocycles. The van der Waals surface area contributed by atoms with E-state index < -0.39 is 0 Å². The molecule has 3 rings (SSSR count). The van der Waals surface area contributed by atoms with E-state index in [1.54, 1.807) is 0 Å². The topological polar surface area (TPSA) is 32.3 Å². The number of benzene rings is 1. The number of allylic oxidation sites excluding steroid dienone is 1. The maximum Gasteiger partial charge on any atom is 0.162 e. The summed E-state index contributed by atoms with van der Waals surface area (Å²) in [6.45, 7) is 6.60. The van der Waals surface area contributed by atoms with Crippen molar-refractivity contribution < 1.29 is 4.79 Å². The standard InChI is InChI=1S/C17H22N2O/c1-17(2,3)16-15-13(10-7-11-14(15)20)18-19(16)12-8-5-4-6-9-12/h4-6,8-9,16,18H,7,10-11H2,1-3H3. The van der Waals surface area contributed by atoms with Crippen molar-refractivity contribution in [2.24, 2.45) is 5.41 Å². The second-order valence-corrected chi connectivity index (χ2v) is 6.75. The van der Waals surface area contributed by atoms with Gasteiger partial charge >= 0.3 is 0 Å². The Hall–Kier alpha value is -1.77. The molecule has 2 aliphatic rings. The lowest BCUT2D eigenvalue weighted by atomic mass is 9.78. The number of nitrogens with zero attached hydrogens (tertiary/aromatic N) is 1. The molecule has 1 atom stereocenters. The van der Waals surface area contributed by atoms with Gasteiger partial charge in [-0.1, -0.05) is 39.0 Å². The first-order valence-electron chi connectivity index (χ1n) is 7.35. The lowest BCUT2D eigenvalue weighted by Gasteiger charge is -2.37. The van der Waals surface area contributed by atoms with E-state index in [-0.39, 0.29) is 11.5 Å².